The molecule has 1 amide bonds. The topological polar surface area (TPSA) is 124 Å². The molecule has 1 aliphatic rings. The van der Waals surface area contributed by atoms with Gasteiger partial charge in [0.15, 0.2) is 23.7 Å². The summed E-state index contributed by atoms with van der Waals surface area (Å²) in [4.78, 5) is 24.1. The van der Waals surface area contributed by atoms with Gasteiger partial charge >= 0.3 is 12.1 Å². The Bertz CT molecular complexity index is 1250. The van der Waals surface area contributed by atoms with Crippen LogP contribution in [0.1, 0.15) is 11.7 Å². The maximum absolute atomic E-state index is 12.9. The molecule has 0 unspecified atom stereocenters. The second kappa shape index (κ2) is 10.8. The van der Waals surface area contributed by atoms with Gasteiger partial charge in [0.1, 0.15) is 11.5 Å². The van der Waals surface area contributed by atoms with Gasteiger partial charge in [-0.1, -0.05) is 34.1 Å². The maximum Gasteiger partial charge on any atom is 0.412 e. The lowest BCUT2D eigenvalue weighted by molar-refractivity contribution is -0.131. The number of ether oxygens (including phenoxy) is 4. The molecule has 3 N–H and O–H groups in total. The Kier molecular flexibility index (Phi) is 7.41. The van der Waals surface area contributed by atoms with Gasteiger partial charge < -0.3 is 29.2 Å². The molecule has 2 atom stereocenters. The summed E-state index contributed by atoms with van der Waals surface area (Å²) in [7, 11) is 0. The number of phenols is 1. The molecule has 10 heteroatoms. The molecule has 0 radical (unpaired) electrons. The van der Waals surface area contributed by atoms with Gasteiger partial charge in [0.05, 0.1) is 0 Å². The smallest absolute Gasteiger partial charge is 0.412 e. The van der Waals surface area contributed by atoms with Gasteiger partial charge in [-0.15, -0.1) is 0 Å². The average Bonchev–Trinajstić information content (AvgIpc) is 3.30. The van der Waals surface area contributed by atoms with Crippen LogP contribution in [-0.4, -0.2) is 35.2 Å². The molecular formula is C25H20BrNO8. The van der Waals surface area contributed by atoms with E-state index in [1.165, 1.54) is 12.1 Å². The van der Waals surface area contributed by atoms with Crippen molar-refractivity contribution < 1.29 is 38.7 Å². The van der Waals surface area contributed by atoms with Crippen molar-refractivity contribution >= 4 is 33.7 Å². The standard InChI is InChI=1S/C25H20BrNO8/c26-15-6-8-19(28)18(12-15)24(21(10-11-23(29)30)34-17-4-2-1-3-5-17)35-25(31)27-16-7-9-20-22(13-16)33-14-32-20/h1-13,21,24,28H,14H2,(H,27,31)(H,29,30)/b11-10+/t21-,24-/m1/s1. The van der Waals surface area contributed by atoms with E-state index in [2.05, 4.69) is 21.2 Å². The van der Waals surface area contributed by atoms with Crippen molar-refractivity contribution in [3.8, 4) is 23.0 Å². The Morgan fingerprint density at radius 1 is 1.03 bits per heavy atom. The summed E-state index contributed by atoms with van der Waals surface area (Å²) in [5.74, 6) is 0.0506. The van der Waals surface area contributed by atoms with Gasteiger partial charge in [-0.2, -0.15) is 0 Å². The molecule has 0 spiro atoms. The summed E-state index contributed by atoms with van der Waals surface area (Å²) in [5, 5.41) is 22.3. The fourth-order valence-electron chi connectivity index (χ4n) is 3.33. The third kappa shape index (κ3) is 6.24. The number of phenolic OH excluding ortho intramolecular Hbond substituents is 1. The van der Waals surface area contributed by atoms with E-state index >= 15 is 0 Å². The van der Waals surface area contributed by atoms with Crippen LogP contribution in [0.15, 0.2) is 83.4 Å². The van der Waals surface area contributed by atoms with E-state index in [0.717, 1.165) is 6.08 Å². The molecule has 35 heavy (non-hydrogen) atoms. The Hall–Kier alpha value is -4.18. The lowest BCUT2D eigenvalue weighted by Crippen LogP contribution is -2.30. The van der Waals surface area contributed by atoms with E-state index in [4.69, 9.17) is 18.9 Å². The van der Waals surface area contributed by atoms with Gasteiger partial charge in [0, 0.05) is 27.9 Å². The predicted molar refractivity (Wildman–Crippen MR) is 129 cm³/mol. The predicted octanol–water partition coefficient (Wildman–Crippen LogP) is 5.26. The Balaban J connectivity index is 1.65. The molecule has 0 saturated heterocycles. The summed E-state index contributed by atoms with van der Waals surface area (Å²) in [6, 6.07) is 18.1. The monoisotopic (exact) mass is 541 g/mol. The van der Waals surface area contributed by atoms with Gasteiger partial charge in [0.2, 0.25) is 6.79 Å². The number of anilines is 1. The van der Waals surface area contributed by atoms with Crippen LogP contribution in [0, 0.1) is 0 Å². The zero-order valence-electron chi connectivity index (χ0n) is 18.1. The number of aliphatic carboxylic acids is 1. The summed E-state index contributed by atoms with van der Waals surface area (Å²) >= 11 is 3.35. The van der Waals surface area contributed by atoms with Crippen LogP contribution in [0.5, 0.6) is 23.0 Å². The number of carbonyl (C=O) groups is 2. The van der Waals surface area contributed by atoms with Crippen LogP contribution in [0.2, 0.25) is 0 Å². The number of nitrogens with one attached hydrogen (secondary N) is 1. The molecular weight excluding hydrogens is 522 g/mol. The first-order chi connectivity index (χ1) is 16.9. The first-order valence-corrected chi connectivity index (χ1v) is 11.2. The molecule has 3 aromatic rings. The summed E-state index contributed by atoms with van der Waals surface area (Å²) in [6.45, 7) is 0.0852. The molecule has 3 aromatic carbocycles. The number of para-hydroxylation sites is 1. The van der Waals surface area contributed by atoms with E-state index in [-0.39, 0.29) is 18.1 Å². The molecule has 0 bridgehead atoms. The number of fused-ring (bicyclic) bond motifs is 1. The van der Waals surface area contributed by atoms with Crippen LogP contribution < -0.4 is 19.5 Å². The van der Waals surface area contributed by atoms with Crippen molar-refractivity contribution in [2.45, 2.75) is 12.2 Å². The van der Waals surface area contributed by atoms with E-state index in [0.29, 0.717) is 27.4 Å². The number of benzene rings is 3. The van der Waals surface area contributed by atoms with Crippen LogP contribution in [0.4, 0.5) is 10.5 Å². The Morgan fingerprint density at radius 3 is 2.57 bits per heavy atom. The molecule has 9 nitrogen and oxygen atoms in total. The maximum atomic E-state index is 12.9. The second-order valence-electron chi connectivity index (χ2n) is 7.31. The SMILES string of the molecule is O=C(O)/C=C/[C@@H](Oc1ccccc1)[C@H](OC(=O)Nc1ccc2c(c1)OCO2)c1cc(Br)ccc1O. The largest absolute Gasteiger partial charge is 0.508 e. The fourth-order valence-corrected chi connectivity index (χ4v) is 3.71. The first kappa shape index (κ1) is 24.0. The van der Waals surface area contributed by atoms with Crippen molar-refractivity contribution in [3.63, 3.8) is 0 Å². The van der Waals surface area contributed by atoms with Gasteiger partial charge in [-0.3, -0.25) is 5.32 Å². The zero-order chi connectivity index (χ0) is 24.8. The summed E-state index contributed by atoms with van der Waals surface area (Å²) in [5.41, 5.74) is 0.592. The van der Waals surface area contributed by atoms with Crippen molar-refractivity contribution in [2.24, 2.45) is 0 Å². The minimum atomic E-state index is -1.22. The fraction of sp³-hybridized carbons (Fsp3) is 0.120. The number of carbonyl (C=O) groups excluding carboxylic acids is 1. The number of hydrogen-bond donors (Lipinski definition) is 3. The van der Waals surface area contributed by atoms with Crippen LogP contribution in [0.3, 0.4) is 0 Å². The molecule has 4 rings (SSSR count). The first-order valence-electron chi connectivity index (χ1n) is 10.4. The average molecular weight is 542 g/mol. The van der Waals surface area contributed by atoms with Gasteiger partial charge in [0.25, 0.3) is 0 Å². The number of hydrogen-bond acceptors (Lipinski definition) is 7. The summed E-state index contributed by atoms with van der Waals surface area (Å²) in [6.07, 6.45) is -1.06. The molecule has 0 saturated carbocycles. The lowest BCUT2D eigenvalue weighted by atomic mass is 10.0. The van der Waals surface area contributed by atoms with Gasteiger partial charge in [-0.05, 0) is 48.5 Å². The third-order valence-electron chi connectivity index (χ3n) is 4.89. The zero-order valence-corrected chi connectivity index (χ0v) is 19.7. The van der Waals surface area contributed by atoms with Crippen molar-refractivity contribution in [3.05, 3.63) is 88.9 Å². The highest BCUT2D eigenvalue weighted by atomic mass is 79.9. The molecule has 180 valence electrons. The van der Waals surface area contributed by atoms with E-state index in [9.17, 15) is 19.8 Å². The van der Waals surface area contributed by atoms with E-state index < -0.39 is 24.3 Å². The number of aromatic hydroxyl groups is 1. The highest BCUT2D eigenvalue weighted by Crippen LogP contribution is 2.36. The number of carboxylic acid groups (broad SMARTS) is 1. The van der Waals surface area contributed by atoms with Crippen LogP contribution in [-0.2, 0) is 9.53 Å². The molecule has 1 aliphatic heterocycles. The minimum Gasteiger partial charge on any atom is -0.508 e. The number of carboxylic acids is 1. The highest BCUT2D eigenvalue weighted by molar-refractivity contribution is 9.10. The van der Waals surface area contributed by atoms with Crippen molar-refractivity contribution in [2.75, 3.05) is 12.1 Å². The second-order valence-corrected chi connectivity index (χ2v) is 8.23. The van der Waals surface area contributed by atoms with Crippen LogP contribution >= 0.6 is 15.9 Å². The van der Waals surface area contributed by atoms with E-state index in [1.807, 2.05) is 0 Å². The van der Waals surface area contributed by atoms with Crippen molar-refractivity contribution in [1.29, 1.82) is 0 Å². The Morgan fingerprint density at radius 2 is 1.80 bits per heavy atom. The molecule has 0 aliphatic carbocycles. The minimum absolute atomic E-state index is 0.0852. The quantitative estimate of drug-likeness (QED) is 0.330. The van der Waals surface area contributed by atoms with Crippen LogP contribution in [0.25, 0.3) is 0 Å². The normalized spacial score (nSPS) is 13.7. The Labute approximate surface area is 208 Å². The third-order valence-corrected chi connectivity index (χ3v) is 5.38. The van der Waals surface area contributed by atoms with E-state index in [1.54, 1.807) is 60.7 Å². The molecule has 1 heterocycles. The number of halogens is 1. The van der Waals surface area contributed by atoms with Gasteiger partial charge in [-0.25, -0.2) is 9.59 Å². The highest BCUT2D eigenvalue weighted by Gasteiger charge is 2.30. The lowest BCUT2D eigenvalue weighted by Gasteiger charge is -2.27. The molecule has 0 fully saturated rings. The number of amides is 1. The van der Waals surface area contributed by atoms with Crippen molar-refractivity contribution in [1.82, 2.24) is 0 Å². The molecule has 0 aromatic heterocycles. The summed E-state index contributed by atoms with van der Waals surface area (Å²) < 4.78 is 22.9. The number of rotatable bonds is 8.